The Hall–Kier alpha value is -2.66. The molecular weight excluding hydrogens is 483 g/mol. The van der Waals surface area contributed by atoms with Gasteiger partial charge in [-0.3, -0.25) is 4.79 Å². The molecule has 0 spiro atoms. The number of aliphatic hydroxyl groups excluding tert-OH is 2. The van der Waals surface area contributed by atoms with E-state index in [0.717, 1.165) is 24.8 Å². The zero-order valence-corrected chi connectivity index (χ0v) is 18.3. The summed E-state index contributed by atoms with van der Waals surface area (Å²) in [6, 6.07) is 7.69. The van der Waals surface area contributed by atoms with Gasteiger partial charge in [0.2, 0.25) is 5.91 Å². The first-order valence-electron chi connectivity index (χ1n) is 10.9. The Morgan fingerprint density at radius 1 is 0.914 bits per heavy atom. The van der Waals surface area contributed by atoms with Gasteiger partial charge in [0.25, 0.3) is 0 Å². The zero-order valence-electron chi connectivity index (χ0n) is 18.3. The molecule has 4 atom stereocenters. The molecule has 1 aliphatic heterocycles. The molecule has 35 heavy (non-hydrogen) atoms. The van der Waals surface area contributed by atoms with Crippen LogP contribution >= 0.6 is 0 Å². The van der Waals surface area contributed by atoms with Gasteiger partial charge in [-0.05, 0) is 66.1 Å². The first-order chi connectivity index (χ1) is 16.3. The normalized spacial score (nSPS) is 24.7. The molecule has 2 fully saturated rings. The van der Waals surface area contributed by atoms with E-state index in [1.165, 1.54) is 12.1 Å². The van der Waals surface area contributed by atoms with Gasteiger partial charge in [-0.15, -0.1) is 0 Å². The summed E-state index contributed by atoms with van der Waals surface area (Å²) < 4.78 is 86.3. The molecule has 2 aromatic carbocycles. The molecule has 1 heterocycles. The average molecular weight is 507 g/mol. The van der Waals surface area contributed by atoms with Crippen molar-refractivity contribution in [2.24, 2.45) is 5.92 Å². The lowest BCUT2D eigenvalue weighted by molar-refractivity contribution is -0.143. The van der Waals surface area contributed by atoms with Crippen LogP contribution in [-0.4, -0.2) is 28.3 Å². The summed E-state index contributed by atoms with van der Waals surface area (Å²) in [5.74, 6) is 0.236. The van der Waals surface area contributed by atoms with E-state index >= 15 is 0 Å². The maximum absolute atomic E-state index is 13.0. The van der Waals surface area contributed by atoms with Gasteiger partial charge in [0.15, 0.2) is 0 Å². The van der Waals surface area contributed by atoms with Crippen LogP contribution in [0.1, 0.15) is 53.9 Å². The summed E-state index contributed by atoms with van der Waals surface area (Å²) >= 11 is 0. The van der Waals surface area contributed by atoms with Gasteiger partial charge in [-0.1, -0.05) is 18.6 Å². The van der Waals surface area contributed by atoms with Gasteiger partial charge >= 0.3 is 12.4 Å². The molecule has 2 aromatic rings. The van der Waals surface area contributed by atoms with Crippen molar-refractivity contribution < 1.29 is 45.7 Å². The molecule has 192 valence electrons. The van der Waals surface area contributed by atoms with Crippen molar-refractivity contribution >= 4 is 5.91 Å². The second-order valence-corrected chi connectivity index (χ2v) is 8.69. The minimum Gasteiger partial charge on any atom is -0.392 e. The van der Waals surface area contributed by atoms with Gasteiger partial charge in [0, 0.05) is 12.5 Å². The van der Waals surface area contributed by atoms with Gasteiger partial charge in [-0.2, -0.15) is 26.3 Å². The van der Waals surface area contributed by atoms with Crippen LogP contribution in [-0.2, 0) is 23.8 Å². The second-order valence-electron chi connectivity index (χ2n) is 8.69. The van der Waals surface area contributed by atoms with E-state index < -0.39 is 41.8 Å². The third-order valence-corrected chi connectivity index (χ3v) is 6.32. The molecule has 1 saturated heterocycles. The molecule has 2 aliphatic rings. The van der Waals surface area contributed by atoms with Gasteiger partial charge < -0.3 is 15.5 Å². The van der Waals surface area contributed by atoms with Crippen molar-refractivity contribution in [1.29, 1.82) is 0 Å². The van der Waals surface area contributed by atoms with Crippen LogP contribution in [0.4, 0.5) is 30.7 Å². The van der Waals surface area contributed by atoms with Crippen molar-refractivity contribution in [3.05, 3.63) is 70.5 Å². The average Bonchev–Trinajstić information content (AvgIpc) is 3.40. The number of amides is 1. The first-order valence-corrected chi connectivity index (χ1v) is 10.9. The van der Waals surface area contributed by atoms with Crippen LogP contribution in [0.2, 0.25) is 0 Å². The van der Waals surface area contributed by atoms with Gasteiger partial charge in [0.05, 0.1) is 17.7 Å². The smallest absolute Gasteiger partial charge is 0.392 e. The van der Waals surface area contributed by atoms with E-state index in [1.54, 1.807) is 0 Å². The number of hydrogen-bond donors (Lipinski definition) is 3. The van der Waals surface area contributed by atoms with E-state index in [9.17, 15) is 40.6 Å². The Kier molecular flexibility index (Phi) is 8.10. The molecule has 1 saturated carbocycles. The molecule has 4 nitrogen and oxygen atoms in total. The molecule has 4 unspecified atom stereocenters. The molecule has 11 heteroatoms. The number of carbonyl (C=O) groups excluding carboxylic acids is 1. The quantitative estimate of drug-likeness (QED) is 0.502. The first kappa shape index (κ1) is 26.9. The van der Waals surface area contributed by atoms with Crippen molar-refractivity contribution in [2.45, 2.75) is 62.7 Å². The van der Waals surface area contributed by atoms with Crippen LogP contribution in [0, 0.1) is 11.7 Å². The van der Waals surface area contributed by atoms with Crippen LogP contribution < -0.4 is 5.32 Å². The van der Waals surface area contributed by atoms with E-state index in [4.69, 9.17) is 5.11 Å². The molecule has 0 aromatic heterocycles. The molecule has 0 radical (unpaired) electrons. The lowest BCUT2D eigenvalue weighted by Crippen LogP contribution is -2.34. The highest BCUT2D eigenvalue weighted by Crippen LogP contribution is 2.43. The molecule has 1 amide bonds. The van der Waals surface area contributed by atoms with E-state index in [0.29, 0.717) is 30.4 Å². The van der Waals surface area contributed by atoms with E-state index in [-0.39, 0.29) is 23.8 Å². The predicted molar refractivity (Wildman–Crippen MR) is 111 cm³/mol. The highest BCUT2D eigenvalue weighted by atomic mass is 19.4. The number of rotatable bonds is 3. The number of alkyl halides is 6. The fourth-order valence-electron chi connectivity index (χ4n) is 4.67. The van der Waals surface area contributed by atoms with Crippen LogP contribution in [0.25, 0.3) is 0 Å². The summed E-state index contributed by atoms with van der Waals surface area (Å²) in [5.41, 5.74) is -2.14. The van der Waals surface area contributed by atoms with Crippen molar-refractivity contribution in [2.75, 3.05) is 0 Å². The van der Waals surface area contributed by atoms with Gasteiger partial charge in [-0.25, -0.2) is 4.39 Å². The number of nitrogens with one attached hydrogen (secondary N) is 1. The third-order valence-electron chi connectivity index (χ3n) is 6.32. The number of aliphatic hydroxyl groups is 2. The monoisotopic (exact) mass is 507 g/mol. The zero-order chi connectivity index (χ0) is 26.0. The number of halogens is 7. The molecule has 3 N–H and O–H groups in total. The third kappa shape index (κ3) is 6.72. The maximum atomic E-state index is 13.0. The maximum Gasteiger partial charge on any atom is 0.416 e. The van der Waals surface area contributed by atoms with Crippen LogP contribution in [0.3, 0.4) is 0 Å². The largest absolute Gasteiger partial charge is 0.416 e. The van der Waals surface area contributed by atoms with Crippen molar-refractivity contribution in [1.82, 2.24) is 5.32 Å². The Balaban J connectivity index is 0.000000199. The summed E-state index contributed by atoms with van der Waals surface area (Å²) in [4.78, 5) is 11.4. The number of hydrogen-bond acceptors (Lipinski definition) is 3. The Morgan fingerprint density at radius 3 is 1.94 bits per heavy atom. The fraction of sp³-hybridized carbons (Fsp3) is 0.458. The Morgan fingerprint density at radius 2 is 1.49 bits per heavy atom. The minimum absolute atomic E-state index is 0.0131. The number of benzene rings is 2. The van der Waals surface area contributed by atoms with Gasteiger partial charge in [0.1, 0.15) is 11.9 Å². The van der Waals surface area contributed by atoms with E-state index in [1.807, 2.05) is 12.1 Å². The fourth-order valence-corrected chi connectivity index (χ4v) is 4.67. The van der Waals surface area contributed by atoms with Crippen molar-refractivity contribution in [3.8, 4) is 0 Å². The lowest BCUT2D eigenvalue weighted by atomic mass is 9.83. The molecule has 4 rings (SSSR count). The summed E-state index contributed by atoms with van der Waals surface area (Å²) in [5, 5.41) is 21.0. The SMILES string of the molecule is O=C1NC(C2CCCC2c2ccc(F)cc2)CC1O.OCc1cc(C(F)(F)F)cc(C(F)(F)F)c1. The highest BCUT2D eigenvalue weighted by Gasteiger charge is 2.41. The Labute approximate surface area is 196 Å². The summed E-state index contributed by atoms with van der Waals surface area (Å²) in [6.45, 7) is -0.882. The Bertz CT molecular complexity index is 989. The van der Waals surface area contributed by atoms with E-state index in [2.05, 4.69) is 5.32 Å². The second kappa shape index (κ2) is 10.5. The molecule has 0 bridgehead atoms. The lowest BCUT2D eigenvalue weighted by Gasteiger charge is -2.25. The summed E-state index contributed by atoms with van der Waals surface area (Å²) in [6.07, 6.45) is -6.86. The summed E-state index contributed by atoms with van der Waals surface area (Å²) in [7, 11) is 0. The molecule has 1 aliphatic carbocycles. The topological polar surface area (TPSA) is 69.6 Å². The highest BCUT2D eigenvalue weighted by molar-refractivity contribution is 5.83. The number of carbonyl (C=O) groups is 1. The van der Waals surface area contributed by atoms with Crippen LogP contribution in [0.15, 0.2) is 42.5 Å². The van der Waals surface area contributed by atoms with Crippen molar-refractivity contribution in [3.63, 3.8) is 0 Å². The molecular formula is C24H24F7NO3. The van der Waals surface area contributed by atoms with Crippen LogP contribution in [0.5, 0.6) is 0 Å². The standard InChI is InChI=1S/C15H18FNO2.C9H6F6O/c16-10-6-4-9(5-7-10)11-2-1-3-12(11)13-8-14(18)15(19)17-13;10-8(11,12)6-1-5(4-16)2-7(3-6)9(13,14)15/h4-7,11-14,18H,1-3,8H2,(H,17,19);1-3,16H,4H2. The minimum atomic E-state index is -4.87. The predicted octanol–water partition coefficient (Wildman–Crippen LogP) is 5.18.